The first-order chi connectivity index (χ1) is 11.6. The number of hydrogen-bond acceptors (Lipinski definition) is 5. The second kappa shape index (κ2) is 8.23. The van der Waals surface area contributed by atoms with Crippen molar-refractivity contribution in [3.05, 3.63) is 52.5 Å². The molecule has 0 unspecified atom stereocenters. The third kappa shape index (κ3) is 4.18. The van der Waals surface area contributed by atoms with Crippen molar-refractivity contribution >= 4 is 17.4 Å². The summed E-state index contributed by atoms with van der Waals surface area (Å²) in [5, 5.41) is 9.29. The molecule has 0 heterocycles. The summed E-state index contributed by atoms with van der Waals surface area (Å²) in [5.41, 5.74) is 0.881. The standard InChI is InChI=1S/C18H16ClNO4/c1-3-23-18-8-12(10-20)4-6-17(18)24-11-15(21)13-5-7-16(22-2)14(19)9-13/h4-9H,3,11H2,1-2H3. The molecule has 0 bridgehead atoms. The molecule has 0 saturated carbocycles. The lowest BCUT2D eigenvalue weighted by molar-refractivity contribution is 0.0919. The molecule has 2 aromatic rings. The molecule has 0 amide bonds. The molecular formula is C18H16ClNO4. The average molecular weight is 346 g/mol. The Morgan fingerprint density at radius 3 is 2.50 bits per heavy atom. The first-order valence-electron chi connectivity index (χ1n) is 7.25. The van der Waals surface area contributed by atoms with Gasteiger partial charge in [0.15, 0.2) is 23.9 Å². The summed E-state index contributed by atoms with van der Waals surface area (Å²) in [7, 11) is 1.51. The number of methoxy groups -OCH3 is 1. The van der Waals surface area contributed by atoms with Crippen LogP contribution in [0.4, 0.5) is 0 Å². The van der Waals surface area contributed by atoms with Gasteiger partial charge in [0.05, 0.1) is 30.4 Å². The normalized spacial score (nSPS) is 9.92. The van der Waals surface area contributed by atoms with Crippen molar-refractivity contribution < 1.29 is 19.0 Å². The number of carbonyl (C=O) groups is 1. The van der Waals surface area contributed by atoms with Crippen LogP contribution < -0.4 is 14.2 Å². The molecule has 0 aromatic heterocycles. The summed E-state index contributed by atoms with van der Waals surface area (Å²) in [5.74, 6) is 1.10. The molecule has 0 radical (unpaired) electrons. The molecule has 0 atom stereocenters. The van der Waals surface area contributed by atoms with E-state index in [9.17, 15) is 4.79 Å². The maximum absolute atomic E-state index is 12.2. The van der Waals surface area contributed by atoms with Gasteiger partial charge < -0.3 is 14.2 Å². The van der Waals surface area contributed by atoms with Crippen LogP contribution in [0.2, 0.25) is 5.02 Å². The molecular weight excluding hydrogens is 330 g/mol. The zero-order valence-corrected chi connectivity index (χ0v) is 14.1. The van der Waals surface area contributed by atoms with Gasteiger partial charge in [-0.1, -0.05) is 11.6 Å². The predicted octanol–water partition coefficient (Wildman–Crippen LogP) is 3.88. The Kier molecular flexibility index (Phi) is 6.05. The zero-order chi connectivity index (χ0) is 17.5. The van der Waals surface area contributed by atoms with Gasteiger partial charge in [-0.15, -0.1) is 0 Å². The van der Waals surface area contributed by atoms with Gasteiger partial charge in [-0.2, -0.15) is 5.26 Å². The van der Waals surface area contributed by atoms with Gasteiger partial charge in [-0.3, -0.25) is 4.79 Å². The van der Waals surface area contributed by atoms with E-state index in [0.717, 1.165) is 0 Å². The molecule has 0 spiro atoms. The van der Waals surface area contributed by atoms with E-state index in [2.05, 4.69) is 0 Å². The largest absolute Gasteiger partial charge is 0.495 e. The summed E-state index contributed by atoms with van der Waals surface area (Å²) >= 11 is 6.02. The Morgan fingerprint density at radius 1 is 1.12 bits per heavy atom. The minimum Gasteiger partial charge on any atom is -0.495 e. The number of rotatable bonds is 7. The number of benzene rings is 2. The van der Waals surface area contributed by atoms with Gasteiger partial charge >= 0.3 is 0 Å². The van der Waals surface area contributed by atoms with Gasteiger partial charge in [0.25, 0.3) is 0 Å². The molecule has 6 heteroatoms. The topological polar surface area (TPSA) is 68.5 Å². The lowest BCUT2D eigenvalue weighted by atomic mass is 10.1. The van der Waals surface area contributed by atoms with Crippen molar-refractivity contribution in [3.63, 3.8) is 0 Å². The van der Waals surface area contributed by atoms with Crippen molar-refractivity contribution in [3.8, 4) is 23.3 Å². The smallest absolute Gasteiger partial charge is 0.200 e. The molecule has 5 nitrogen and oxygen atoms in total. The van der Waals surface area contributed by atoms with E-state index in [1.807, 2.05) is 13.0 Å². The highest BCUT2D eigenvalue weighted by molar-refractivity contribution is 6.32. The van der Waals surface area contributed by atoms with E-state index in [4.69, 9.17) is 31.1 Å². The van der Waals surface area contributed by atoms with E-state index < -0.39 is 0 Å². The summed E-state index contributed by atoms with van der Waals surface area (Å²) in [6.45, 7) is 2.08. The highest BCUT2D eigenvalue weighted by Crippen LogP contribution is 2.29. The lowest BCUT2D eigenvalue weighted by Gasteiger charge is -2.12. The number of halogens is 1. The number of carbonyl (C=O) groups excluding carboxylic acids is 1. The summed E-state index contributed by atoms with van der Waals surface area (Å²) in [6.07, 6.45) is 0. The van der Waals surface area contributed by atoms with Gasteiger partial charge in [-0.25, -0.2) is 0 Å². The van der Waals surface area contributed by atoms with Crippen LogP contribution in [0.25, 0.3) is 0 Å². The van der Waals surface area contributed by atoms with Crippen LogP contribution in [0, 0.1) is 11.3 Å². The van der Waals surface area contributed by atoms with Crippen LogP contribution in [0.5, 0.6) is 17.2 Å². The predicted molar refractivity (Wildman–Crippen MR) is 90.2 cm³/mol. The first kappa shape index (κ1) is 17.6. The van der Waals surface area contributed by atoms with E-state index in [-0.39, 0.29) is 12.4 Å². The fourth-order valence-corrected chi connectivity index (χ4v) is 2.29. The number of ether oxygens (including phenoxy) is 3. The molecule has 0 fully saturated rings. The lowest BCUT2D eigenvalue weighted by Crippen LogP contribution is -2.12. The summed E-state index contributed by atoms with van der Waals surface area (Å²) in [4.78, 5) is 12.2. The van der Waals surface area contributed by atoms with Crippen LogP contribution in [-0.4, -0.2) is 26.1 Å². The maximum Gasteiger partial charge on any atom is 0.200 e. The molecule has 24 heavy (non-hydrogen) atoms. The zero-order valence-electron chi connectivity index (χ0n) is 13.3. The molecule has 0 aliphatic carbocycles. The average Bonchev–Trinajstić information content (AvgIpc) is 2.60. The van der Waals surface area contributed by atoms with Crippen LogP contribution in [-0.2, 0) is 0 Å². The second-order valence-corrected chi connectivity index (χ2v) is 5.17. The molecule has 2 aromatic carbocycles. The van der Waals surface area contributed by atoms with Gasteiger partial charge in [0.1, 0.15) is 5.75 Å². The van der Waals surface area contributed by atoms with Gasteiger partial charge in [-0.05, 0) is 37.3 Å². The summed E-state index contributed by atoms with van der Waals surface area (Å²) in [6, 6.07) is 11.6. The van der Waals surface area contributed by atoms with Gasteiger partial charge in [0, 0.05) is 11.6 Å². The number of Topliss-reactive ketones (excluding diaryl/α,β-unsaturated/α-hetero) is 1. The quantitative estimate of drug-likeness (QED) is 0.712. The Hall–Kier alpha value is -2.71. The van der Waals surface area contributed by atoms with Crippen molar-refractivity contribution in [2.24, 2.45) is 0 Å². The van der Waals surface area contributed by atoms with Crippen molar-refractivity contribution in [2.75, 3.05) is 20.3 Å². The molecule has 0 aliphatic heterocycles. The fraction of sp³-hybridized carbons (Fsp3) is 0.222. The van der Waals surface area contributed by atoms with Crippen molar-refractivity contribution in [2.45, 2.75) is 6.92 Å². The molecule has 0 aliphatic rings. The minimum atomic E-state index is -0.230. The molecule has 2 rings (SSSR count). The number of nitrogens with zero attached hydrogens (tertiary/aromatic N) is 1. The highest BCUT2D eigenvalue weighted by Gasteiger charge is 2.12. The Bertz CT molecular complexity index is 783. The SMILES string of the molecule is CCOc1cc(C#N)ccc1OCC(=O)c1ccc(OC)c(Cl)c1. The Labute approximate surface area is 145 Å². The van der Waals surface area contributed by atoms with Crippen molar-refractivity contribution in [1.29, 1.82) is 5.26 Å². The molecule has 0 N–H and O–H groups in total. The minimum absolute atomic E-state index is 0.172. The summed E-state index contributed by atoms with van der Waals surface area (Å²) < 4.78 is 16.0. The van der Waals surface area contributed by atoms with Crippen LogP contribution in [0.1, 0.15) is 22.8 Å². The number of hydrogen-bond donors (Lipinski definition) is 0. The second-order valence-electron chi connectivity index (χ2n) is 4.77. The van der Waals surface area contributed by atoms with Crippen molar-refractivity contribution in [1.82, 2.24) is 0 Å². The molecule has 124 valence electrons. The van der Waals surface area contributed by atoms with E-state index in [1.54, 1.807) is 30.3 Å². The van der Waals surface area contributed by atoms with E-state index >= 15 is 0 Å². The fourth-order valence-electron chi connectivity index (χ4n) is 2.03. The maximum atomic E-state index is 12.2. The van der Waals surface area contributed by atoms with E-state index in [1.165, 1.54) is 13.2 Å². The highest BCUT2D eigenvalue weighted by atomic mass is 35.5. The number of ketones is 1. The Morgan fingerprint density at radius 2 is 1.88 bits per heavy atom. The first-order valence-corrected chi connectivity index (χ1v) is 7.63. The third-order valence-corrected chi connectivity index (χ3v) is 3.50. The van der Waals surface area contributed by atoms with Crippen LogP contribution in [0.3, 0.4) is 0 Å². The third-order valence-electron chi connectivity index (χ3n) is 3.21. The monoisotopic (exact) mass is 345 g/mol. The number of nitriles is 1. The van der Waals surface area contributed by atoms with Crippen LogP contribution in [0.15, 0.2) is 36.4 Å². The van der Waals surface area contributed by atoms with Gasteiger partial charge in [0.2, 0.25) is 0 Å². The van der Waals surface area contributed by atoms with Crippen LogP contribution >= 0.6 is 11.6 Å². The Balaban J connectivity index is 2.11. The van der Waals surface area contributed by atoms with E-state index in [0.29, 0.717) is 40.0 Å². The molecule has 0 saturated heterocycles.